The number of hydrogen-bond donors (Lipinski definition) is 1. The van der Waals surface area contributed by atoms with E-state index in [1.54, 1.807) is 23.2 Å². The number of aromatic nitrogens is 1. The monoisotopic (exact) mass is 342 g/mol. The van der Waals surface area contributed by atoms with E-state index in [0.717, 1.165) is 5.69 Å². The van der Waals surface area contributed by atoms with Crippen molar-refractivity contribution in [3.8, 4) is 0 Å². The molecular weight excluding hydrogens is 320 g/mol. The third-order valence-electron chi connectivity index (χ3n) is 4.00. The Bertz CT molecular complexity index is 745. The Morgan fingerprint density at radius 1 is 1.28 bits per heavy atom. The SMILES string of the molecule is CCN(CC)C(=O)c1ccc(N[C@@H](C)c2ccccn2)c([N+](=O)[O-])c1. The molecule has 7 heteroatoms. The van der Waals surface area contributed by atoms with E-state index in [1.165, 1.54) is 6.07 Å². The third-order valence-corrected chi connectivity index (χ3v) is 4.00. The van der Waals surface area contributed by atoms with Gasteiger partial charge in [-0.05, 0) is 45.0 Å². The van der Waals surface area contributed by atoms with Crippen LogP contribution in [-0.4, -0.2) is 33.8 Å². The van der Waals surface area contributed by atoms with Gasteiger partial charge in [-0.25, -0.2) is 0 Å². The molecule has 1 heterocycles. The second-order valence-electron chi connectivity index (χ2n) is 5.59. The Hall–Kier alpha value is -2.96. The number of nitro benzene ring substituents is 1. The summed E-state index contributed by atoms with van der Waals surface area (Å²) < 4.78 is 0. The summed E-state index contributed by atoms with van der Waals surface area (Å²) in [5.74, 6) is -0.211. The van der Waals surface area contributed by atoms with E-state index in [4.69, 9.17) is 0 Å². The van der Waals surface area contributed by atoms with E-state index in [9.17, 15) is 14.9 Å². The fraction of sp³-hybridized carbons (Fsp3) is 0.333. The molecule has 2 rings (SSSR count). The van der Waals surface area contributed by atoms with Gasteiger partial charge in [0.25, 0.3) is 11.6 Å². The molecule has 1 atom stereocenters. The largest absolute Gasteiger partial charge is 0.371 e. The summed E-state index contributed by atoms with van der Waals surface area (Å²) in [6.07, 6.45) is 1.67. The van der Waals surface area contributed by atoms with Gasteiger partial charge in [0.1, 0.15) is 5.69 Å². The Balaban J connectivity index is 2.30. The molecule has 1 amide bonds. The summed E-state index contributed by atoms with van der Waals surface area (Å²) in [6, 6.07) is 9.84. The lowest BCUT2D eigenvalue weighted by molar-refractivity contribution is -0.384. The van der Waals surface area contributed by atoms with E-state index in [0.29, 0.717) is 24.3 Å². The molecule has 0 aliphatic heterocycles. The van der Waals surface area contributed by atoms with Gasteiger partial charge in [0, 0.05) is 30.9 Å². The molecule has 0 aliphatic rings. The zero-order chi connectivity index (χ0) is 18.4. The van der Waals surface area contributed by atoms with Gasteiger partial charge in [-0.15, -0.1) is 0 Å². The first kappa shape index (κ1) is 18.4. The first-order valence-electron chi connectivity index (χ1n) is 8.23. The molecule has 1 aromatic heterocycles. The maximum atomic E-state index is 12.4. The summed E-state index contributed by atoms with van der Waals surface area (Å²) in [6.45, 7) is 6.74. The van der Waals surface area contributed by atoms with Gasteiger partial charge in [-0.3, -0.25) is 19.9 Å². The normalized spacial score (nSPS) is 11.6. The minimum atomic E-state index is -0.480. The lowest BCUT2D eigenvalue weighted by atomic mass is 10.1. The van der Waals surface area contributed by atoms with Gasteiger partial charge in [0.05, 0.1) is 16.7 Å². The van der Waals surface area contributed by atoms with Crippen LogP contribution >= 0.6 is 0 Å². The highest BCUT2D eigenvalue weighted by atomic mass is 16.6. The van der Waals surface area contributed by atoms with Crippen LogP contribution in [0.25, 0.3) is 0 Å². The number of carbonyl (C=O) groups is 1. The van der Waals surface area contributed by atoms with Crippen molar-refractivity contribution in [1.82, 2.24) is 9.88 Å². The van der Waals surface area contributed by atoms with Crippen molar-refractivity contribution in [3.63, 3.8) is 0 Å². The van der Waals surface area contributed by atoms with Crippen molar-refractivity contribution in [2.75, 3.05) is 18.4 Å². The highest BCUT2D eigenvalue weighted by Gasteiger charge is 2.21. The fourth-order valence-corrected chi connectivity index (χ4v) is 2.57. The van der Waals surface area contributed by atoms with Crippen LogP contribution in [0.3, 0.4) is 0 Å². The first-order chi connectivity index (χ1) is 12.0. The van der Waals surface area contributed by atoms with Crippen LogP contribution in [0.15, 0.2) is 42.6 Å². The second kappa shape index (κ2) is 8.23. The van der Waals surface area contributed by atoms with Crippen molar-refractivity contribution in [2.45, 2.75) is 26.8 Å². The number of nitrogens with zero attached hydrogens (tertiary/aromatic N) is 3. The van der Waals surface area contributed by atoms with Crippen molar-refractivity contribution >= 4 is 17.3 Å². The van der Waals surface area contributed by atoms with Crippen LogP contribution in [0.1, 0.15) is 42.9 Å². The van der Waals surface area contributed by atoms with Crippen LogP contribution in [0.5, 0.6) is 0 Å². The van der Waals surface area contributed by atoms with Gasteiger partial charge in [-0.1, -0.05) is 6.07 Å². The van der Waals surface area contributed by atoms with E-state index in [2.05, 4.69) is 10.3 Å². The Kier molecular flexibility index (Phi) is 6.05. The van der Waals surface area contributed by atoms with Gasteiger partial charge in [0.2, 0.25) is 0 Å². The molecule has 7 nitrogen and oxygen atoms in total. The highest BCUT2D eigenvalue weighted by Crippen LogP contribution is 2.29. The van der Waals surface area contributed by atoms with Crippen LogP contribution < -0.4 is 5.32 Å². The van der Waals surface area contributed by atoms with E-state index in [1.807, 2.05) is 39.0 Å². The van der Waals surface area contributed by atoms with Gasteiger partial charge in [0.15, 0.2) is 0 Å². The lowest BCUT2D eigenvalue weighted by Gasteiger charge is -2.19. The second-order valence-corrected chi connectivity index (χ2v) is 5.59. The first-order valence-corrected chi connectivity index (χ1v) is 8.23. The minimum absolute atomic E-state index is 0.124. The molecule has 0 spiro atoms. The van der Waals surface area contributed by atoms with Crippen molar-refractivity contribution < 1.29 is 9.72 Å². The number of amides is 1. The van der Waals surface area contributed by atoms with Crippen LogP contribution in [0, 0.1) is 10.1 Å². The van der Waals surface area contributed by atoms with Gasteiger partial charge >= 0.3 is 0 Å². The highest BCUT2D eigenvalue weighted by molar-refractivity contribution is 5.95. The van der Waals surface area contributed by atoms with E-state index >= 15 is 0 Å². The predicted molar refractivity (Wildman–Crippen MR) is 96.6 cm³/mol. The Labute approximate surface area is 146 Å². The molecule has 0 aliphatic carbocycles. The molecule has 0 saturated carbocycles. The van der Waals surface area contributed by atoms with E-state index < -0.39 is 4.92 Å². The zero-order valence-electron chi connectivity index (χ0n) is 14.6. The lowest BCUT2D eigenvalue weighted by Crippen LogP contribution is -2.30. The molecular formula is C18H22N4O3. The molecule has 0 fully saturated rings. The average Bonchev–Trinajstić information content (AvgIpc) is 2.63. The molecule has 132 valence electrons. The molecule has 1 N–H and O–H groups in total. The van der Waals surface area contributed by atoms with Crippen LogP contribution in [-0.2, 0) is 0 Å². The smallest absolute Gasteiger partial charge is 0.293 e. The molecule has 25 heavy (non-hydrogen) atoms. The number of carbonyl (C=O) groups excluding carboxylic acids is 1. The van der Waals surface area contributed by atoms with E-state index in [-0.39, 0.29) is 17.6 Å². The number of rotatable bonds is 7. The fourth-order valence-electron chi connectivity index (χ4n) is 2.57. The molecule has 0 bridgehead atoms. The zero-order valence-corrected chi connectivity index (χ0v) is 14.6. The maximum Gasteiger partial charge on any atom is 0.293 e. The average molecular weight is 342 g/mol. The number of hydrogen-bond acceptors (Lipinski definition) is 5. The number of nitrogens with one attached hydrogen (secondary N) is 1. The number of benzene rings is 1. The number of nitro groups is 1. The summed E-state index contributed by atoms with van der Waals surface area (Å²) >= 11 is 0. The molecule has 1 aromatic carbocycles. The number of pyridine rings is 1. The van der Waals surface area contributed by atoms with Crippen LogP contribution in [0.2, 0.25) is 0 Å². The third kappa shape index (κ3) is 4.32. The Morgan fingerprint density at radius 2 is 2.00 bits per heavy atom. The number of anilines is 1. The van der Waals surface area contributed by atoms with Crippen LogP contribution in [0.4, 0.5) is 11.4 Å². The molecule has 0 radical (unpaired) electrons. The molecule has 0 unspecified atom stereocenters. The van der Waals surface area contributed by atoms with Gasteiger partial charge < -0.3 is 10.2 Å². The van der Waals surface area contributed by atoms with Crippen molar-refractivity contribution in [3.05, 3.63) is 64.0 Å². The Morgan fingerprint density at radius 3 is 2.56 bits per heavy atom. The minimum Gasteiger partial charge on any atom is -0.371 e. The standard InChI is InChI=1S/C18H22N4O3/c1-4-21(5-2)18(23)14-9-10-16(17(12-14)22(24)25)20-13(3)15-8-6-7-11-19-15/h6-13,20H,4-5H2,1-3H3/t13-/m0/s1. The molecule has 2 aromatic rings. The van der Waals surface area contributed by atoms with Crippen molar-refractivity contribution in [2.24, 2.45) is 0 Å². The quantitative estimate of drug-likeness (QED) is 0.613. The molecule has 0 saturated heterocycles. The van der Waals surface area contributed by atoms with Gasteiger partial charge in [-0.2, -0.15) is 0 Å². The maximum absolute atomic E-state index is 12.4. The summed E-state index contributed by atoms with van der Waals surface area (Å²) in [7, 11) is 0. The summed E-state index contributed by atoms with van der Waals surface area (Å²) in [5, 5.41) is 14.6. The summed E-state index contributed by atoms with van der Waals surface area (Å²) in [4.78, 5) is 29.3. The predicted octanol–water partition coefficient (Wildman–Crippen LogP) is 3.64. The van der Waals surface area contributed by atoms with Crippen molar-refractivity contribution in [1.29, 1.82) is 0 Å². The summed E-state index contributed by atoms with van der Waals surface area (Å²) in [5.41, 5.74) is 1.33. The topological polar surface area (TPSA) is 88.4 Å².